The molecule has 0 spiro atoms. The van der Waals surface area contributed by atoms with Gasteiger partial charge in [-0.3, -0.25) is 4.90 Å². The van der Waals surface area contributed by atoms with Gasteiger partial charge >= 0.3 is 6.03 Å². The van der Waals surface area contributed by atoms with Crippen LogP contribution in [0.5, 0.6) is 5.75 Å². The van der Waals surface area contributed by atoms with Gasteiger partial charge in [-0.15, -0.1) is 0 Å². The number of ether oxygens (including phenoxy) is 1. The Balaban J connectivity index is 2.05. The summed E-state index contributed by atoms with van der Waals surface area (Å²) in [6, 6.07) is 7.65. The normalized spacial score (nSPS) is 16.3. The summed E-state index contributed by atoms with van der Waals surface area (Å²) in [5.74, 6) is 1.50. The van der Waals surface area contributed by atoms with Gasteiger partial charge in [0.05, 0.1) is 7.11 Å². The predicted octanol–water partition coefficient (Wildman–Crippen LogP) is 2.98. The smallest absolute Gasteiger partial charge is 0.324 e. The molecule has 0 N–H and O–H groups in total. The summed E-state index contributed by atoms with van der Waals surface area (Å²) in [7, 11) is 3.45. The number of anilines is 1. The zero-order chi connectivity index (χ0) is 13.8. The lowest BCUT2D eigenvalue weighted by molar-refractivity contribution is 0.181. The highest BCUT2D eigenvalue weighted by Gasteiger charge is 2.23. The molecule has 0 bridgehead atoms. The first-order valence-electron chi connectivity index (χ1n) is 6.78. The number of piperidine rings is 1. The standard InChI is InChI=1S/C15H22N2O2/c1-12-7-9-17(10-8-12)15(18)16(2)13-5-4-6-14(11-13)19-3/h4-6,11-12H,7-10H2,1-3H3. The van der Waals surface area contributed by atoms with Crippen molar-refractivity contribution in [3.05, 3.63) is 24.3 Å². The fourth-order valence-electron chi connectivity index (χ4n) is 2.34. The summed E-state index contributed by atoms with van der Waals surface area (Å²) in [6.45, 7) is 3.95. The molecule has 2 amide bonds. The van der Waals surface area contributed by atoms with Crippen molar-refractivity contribution in [1.82, 2.24) is 4.90 Å². The first-order chi connectivity index (χ1) is 9.11. The van der Waals surface area contributed by atoms with Crippen LogP contribution in [0.4, 0.5) is 10.5 Å². The fraction of sp³-hybridized carbons (Fsp3) is 0.533. The molecule has 0 saturated carbocycles. The zero-order valence-electron chi connectivity index (χ0n) is 11.9. The van der Waals surface area contributed by atoms with E-state index in [9.17, 15) is 4.79 Å². The van der Waals surface area contributed by atoms with Gasteiger partial charge in [0, 0.05) is 31.9 Å². The number of benzene rings is 1. The van der Waals surface area contributed by atoms with Crippen molar-refractivity contribution in [3.8, 4) is 5.75 Å². The van der Waals surface area contributed by atoms with E-state index in [0.29, 0.717) is 0 Å². The van der Waals surface area contributed by atoms with Crippen molar-refractivity contribution in [1.29, 1.82) is 0 Å². The molecule has 0 atom stereocenters. The fourth-order valence-corrected chi connectivity index (χ4v) is 2.34. The molecule has 0 radical (unpaired) electrons. The summed E-state index contributed by atoms with van der Waals surface area (Å²) in [5.41, 5.74) is 0.864. The van der Waals surface area contributed by atoms with E-state index in [2.05, 4.69) is 6.92 Å². The van der Waals surface area contributed by atoms with Gasteiger partial charge in [-0.05, 0) is 30.9 Å². The molecular weight excluding hydrogens is 240 g/mol. The van der Waals surface area contributed by atoms with Crippen LogP contribution in [0, 0.1) is 5.92 Å². The molecule has 19 heavy (non-hydrogen) atoms. The number of rotatable bonds is 2. The largest absolute Gasteiger partial charge is 0.497 e. The number of nitrogens with zero attached hydrogens (tertiary/aromatic N) is 2. The average molecular weight is 262 g/mol. The van der Waals surface area contributed by atoms with Gasteiger partial charge in [-0.25, -0.2) is 4.79 Å². The Labute approximate surface area is 115 Å². The maximum absolute atomic E-state index is 12.4. The second kappa shape index (κ2) is 5.95. The van der Waals surface area contributed by atoms with Crippen LogP contribution in [-0.2, 0) is 0 Å². The van der Waals surface area contributed by atoms with Gasteiger partial charge < -0.3 is 9.64 Å². The van der Waals surface area contributed by atoms with Crippen LogP contribution in [0.2, 0.25) is 0 Å². The molecule has 1 heterocycles. The summed E-state index contributed by atoms with van der Waals surface area (Å²) in [5, 5.41) is 0. The number of amides is 2. The molecule has 104 valence electrons. The van der Waals surface area contributed by atoms with Crippen LogP contribution in [0.25, 0.3) is 0 Å². The number of carbonyl (C=O) groups excluding carboxylic acids is 1. The van der Waals surface area contributed by atoms with Gasteiger partial charge in [0.1, 0.15) is 5.75 Å². The highest BCUT2D eigenvalue weighted by atomic mass is 16.5. The van der Waals surface area contributed by atoms with E-state index in [0.717, 1.165) is 43.3 Å². The average Bonchev–Trinajstić information content (AvgIpc) is 2.46. The minimum atomic E-state index is 0.0696. The molecule has 1 saturated heterocycles. The second-order valence-corrected chi connectivity index (χ2v) is 5.21. The van der Waals surface area contributed by atoms with Crippen LogP contribution in [0.15, 0.2) is 24.3 Å². The maximum atomic E-state index is 12.4. The topological polar surface area (TPSA) is 32.8 Å². The Bertz CT molecular complexity index is 440. The van der Waals surface area contributed by atoms with E-state index in [1.807, 2.05) is 36.2 Å². The van der Waals surface area contributed by atoms with Crippen molar-refractivity contribution >= 4 is 11.7 Å². The number of carbonyl (C=O) groups is 1. The zero-order valence-corrected chi connectivity index (χ0v) is 11.9. The molecule has 0 aliphatic carbocycles. The van der Waals surface area contributed by atoms with E-state index in [4.69, 9.17) is 4.74 Å². The molecule has 0 aromatic heterocycles. The highest BCUT2D eigenvalue weighted by Crippen LogP contribution is 2.23. The van der Waals surface area contributed by atoms with Crippen molar-refractivity contribution in [2.75, 3.05) is 32.1 Å². The molecule has 4 nitrogen and oxygen atoms in total. The SMILES string of the molecule is COc1cccc(N(C)C(=O)N2CCC(C)CC2)c1. The quantitative estimate of drug-likeness (QED) is 0.821. The van der Waals surface area contributed by atoms with Gasteiger partial charge in [-0.1, -0.05) is 13.0 Å². The number of hydrogen-bond acceptors (Lipinski definition) is 2. The molecule has 0 unspecified atom stereocenters. The lowest BCUT2D eigenvalue weighted by atomic mass is 9.99. The molecule has 1 fully saturated rings. The molecule has 1 aromatic rings. The monoisotopic (exact) mass is 262 g/mol. The Morgan fingerprint density at radius 3 is 2.68 bits per heavy atom. The Kier molecular flexibility index (Phi) is 4.30. The molecule has 1 aliphatic rings. The van der Waals surface area contributed by atoms with Crippen molar-refractivity contribution < 1.29 is 9.53 Å². The van der Waals surface area contributed by atoms with Gasteiger partial charge in [0.15, 0.2) is 0 Å². The Hall–Kier alpha value is -1.71. The minimum absolute atomic E-state index is 0.0696. The third-order valence-corrected chi connectivity index (χ3v) is 3.78. The summed E-state index contributed by atoms with van der Waals surface area (Å²) in [4.78, 5) is 16.0. The Morgan fingerprint density at radius 1 is 1.37 bits per heavy atom. The summed E-state index contributed by atoms with van der Waals surface area (Å²) in [6.07, 6.45) is 2.19. The molecule has 1 aromatic carbocycles. The second-order valence-electron chi connectivity index (χ2n) is 5.21. The van der Waals surface area contributed by atoms with Crippen molar-refractivity contribution in [3.63, 3.8) is 0 Å². The van der Waals surface area contributed by atoms with E-state index in [1.165, 1.54) is 0 Å². The predicted molar refractivity (Wildman–Crippen MR) is 76.8 cm³/mol. The van der Waals surface area contributed by atoms with Crippen molar-refractivity contribution in [2.24, 2.45) is 5.92 Å². The summed E-state index contributed by atoms with van der Waals surface area (Å²) < 4.78 is 5.19. The van der Waals surface area contributed by atoms with Crippen molar-refractivity contribution in [2.45, 2.75) is 19.8 Å². The lowest BCUT2D eigenvalue weighted by Gasteiger charge is -2.33. The molecular formula is C15H22N2O2. The number of urea groups is 1. The Morgan fingerprint density at radius 2 is 2.05 bits per heavy atom. The first kappa shape index (κ1) is 13.7. The van der Waals surface area contributed by atoms with Crippen LogP contribution in [0.3, 0.4) is 0 Å². The number of likely N-dealkylation sites (tertiary alicyclic amines) is 1. The van der Waals surface area contributed by atoms with Crippen LogP contribution in [0.1, 0.15) is 19.8 Å². The van der Waals surface area contributed by atoms with E-state index in [-0.39, 0.29) is 6.03 Å². The third kappa shape index (κ3) is 3.19. The number of hydrogen-bond donors (Lipinski definition) is 0. The number of methoxy groups -OCH3 is 1. The molecule has 1 aliphatic heterocycles. The first-order valence-corrected chi connectivity index (χ1v) is 6.78. The molecule has 2 rings (SSSR count). The lowest BCUT2D eigenvalue weighted by Crippen LogP contribution is -2.45. The van der Waals surface area contributed by atoms with Crippen LogP contribution in [-0.4, -0.2) is 38.2 Å². The summed E-state index contributed by atoms with van der Waals surface area (Å²) >= 11 is 0. The van der Waals surface area contributed by atoms with Gasteiger partial charge in [-0.2, -0.15) is 0 Å². The minimum Gasteiger partial charge on any atom is -0.497 e. The van der Waals surface area contributed by atoms with E-state index < -0.39 is 0 Å². The molecule has 4 heteroatoms. The highest BCUT2D eigenvalue weighted by molar-refractivity contribution is 5.91. The van der Waals surface area contributed by atoms with E-state index >= 15 is 0 Å². The van der Waals surface area contributed by atoms with Crippen LogP contribution < -0.4 is 9.64 Å². The van der Waals surface area contributed by atoms with Gasteiger partial charge in [0.25, 0.3) is 0 Å². The van der Waals surface area contributed by atoms with Gasteiger partial charge in [0.2, 0.25) is 0 Å². The maximum Gasteiger partial charge on any atom is 0.324 e. The van der Waals surface area contributed by atoms with E-state index in [1.54, 1.807) is 12.0 Å². The van der Waals surface area contributed by atoms with Crippen LogP contribution >= 0.6 is 0 Å². The third-order valence-electron chi connectivity index (χ3n) is 3.78.